The number of rotatable bonds is 9. The first kappa shape index (κ1) is 45.5. The summed E-state index contributed by atoms with van der Waals surface area (Å²) in [5.41, 5.74) is 1.88. The van der Waals surface area contributed by atoms with Gasteiger partial charge in [0, 0.05) is 45.5 Å². The van der Waals surface area contributed by atoms with Gasteiger partial charge in [0.25, 0.3) is 6.47 Å². The zero-order valence-electron chi connectivity index (χ0n) is 24.1. The Morgan fingerprint density at radius 2 is 1.35 bits per heavy atom. The molecule has 0 spiro atoms. The second kappa shape index (κ2) is 33.0. The number of nitrogens with one attached hydrogen (secondary N) is 2. The monoisotopic (exact) mass is 802 g/mol. The van der Waals surface area contributed by atoms with Gasteiger partial charge < -0.3 is 26.5 Å². The molecule has 4 aromatic rings. The van der Waals surface area contributed by atoms with Gasteiger partial charge in [-0.25, -0.2) is 0 Å². The van der Waals surface area contributed by atoms with Gasteiger partial charge >= 0.3 is 103 Å². The number of nitrogens with zero attached hydrogens (tertiary/aromatic N) is 2. The van der Waals surface area contributed by atoms with Gasteiger partial charge in [0.2, 0.25) is 0 Å². The fourth-order valence-corrected chi connectivity index (χ4v) is 3.70. The van der Waals surface area contributed by atoms with E-state index in [1.165, 1.54) is 12.8 Å². The summed E-state index contributed by atoms with van der Waals surface area (Å²) in [6.45, 7) is 2.52. The van der Waals surface area contributed by atoms with Crippen LogP contribution in [-0.4, -0.2) is 66.3 Å². The Morgan fingerprint density at radius 1 is 0.900 bits per heavy atom. The summed E-state index contributed by atoms with van der Waals surface area (Å²) in [6, 6.07) is 11.1. The van der Waals surface area contributed by atoms with Crippen LogP contribution in [0.4, 0.5) is 0 Å². The van der Waals surface area contributed by atoms with E-state index in [2.05, 4.69) is 73.1 Å². The molecule has 0 aliphatic carbocycles. The van der Waals surface area contributed by atoms with Crippen molar-refractivity contribution < 1.29 is 134 Å². The van der Waals surface area contributed by atoms with Crippen molar-refractivity contribution in [1.82, 2.24) is 20.4 Å². The summed E-state index contributed by atoms with van der Waals surface area (Å²) in [7, 11) is 0. The van der Waals surface area contributed by atoms with Gasteiger partial charge in [0.1, 0.15) is 11.5 Å². The molecule has 0 unspecified atom stereocenters. The number of H-pyrrole nitrogens is 2. The third kappa shape index (κ3) is 23.5. The van der Waals surface area contributed by atoms with E-state index in [9.17, 15) is 0 Å². The number of aromatic amines is 2. The number of phenolic OH excluding ortho intramolecular Hbond substituents is 1. The van der Waals surface area contributed by atoms with Gasteiger partial charge in [0.15, 0.2) is 0 Å². The van der Waals surface area contributed by atoms with Crippen molar-refractivity contribution in [1.29, 1.82) is 0 Å². The molecule has 4 N–H and O–H groups in total. The Bertz CT molecular complexity index is 1110. The zero-order valence-corrected chi connectivity index (χ0v) is 34.1. The molecule has 0 saturated carbocycles. The summed E-state index contributed by atoms with van der Waals surface area (Å²) in [5, 5.41) is 43.9. The van der Waals surface area contributed by atoms with Crippen molar-refractivity contribution in [3.8, 4) is 11.5 Å². The Labute approximate surface area is 346 Å². The molecule has 0 atom stereocenters. The standard InChI is InChI=1S/C11H13BrN2O.C7H6N2O.C4H8Br2.C2H6O.CH2O3.2K.H/c12-5-1-2-6-15-10-4-3-9-8-13-14-11(9)7-10;10-6-2-1-5-4-8-9-7(5)3-6;5-3-1-2-4-6;1-2-3;2-1-4-3;;;/h3-4,7-8H,1-2,5-6H2,(H,13,14);1-4,10H,(H,8,9);1-4H2;3H,2H2,1H3;1,3H;;;/q;;;;;2*+1;-1/p-1. The van der Waals surface area contributed by atoms with Crippen molar-refractivity contribution in [2.24, 2.45) is 0 Å². The number of halogens is 3. The Morgan fingerprint density at radius 3 is 1.82 bits per heavy atom. The second-order valence-electron chi connectivity index (χ2n) is 7.10. The molecule has 0 aliphatic rings. The number of aromatic nitrogens is 4. The number of carbonyl (C=O) groups excluding carboxylic acids is 1. The van der Waals surface area contributed by atoms with Gasteiger partial charge in [-0.3, -0.25) is 15.0 Å². The minimum Gasteiger partial charge on any atom is -1.00 e. The maximum absolute atomic E-state index is 9.00. The van der Waals surface area contributed by atoms with Crippen LogP contribution in [0.3, 0.4) is 0 Å². The van der Waals surface area contributed by atoms with E-state index < -0.39 is 0 Å². The first-order chi connectivity index (χ1) is 18.5. The van der Waals surface area contributed by atoms with Crippen LogP contribution in [-0.2, 0) is 9.68 Å². The van der Waals surface area contributed by atoms with Crippen LogP contribution >= 0.6 is 47.8 Å². The third-order valence-electron chi connectivity index (χ3n) is 4.19. The second-order valence-corrected chi connectivity index (χ2v) is 9.48. The number of benzene rings is 2. The average molecular weight is 805 g/mol. The molecule has 4 rings (SSSR count). The number of alkyl halides is 3. The Hall–Kier alpha value is 1.08. The van der Waals surface area contributed by atoms with E-state index in [1.807, 2.05) is 30.5 Å². The van der Waals surface area contributed by atoms with Crippen molar-refractivity contribution >= 4 is 76.1 Å². The SMILES string of the molecule is BrCCCCBr.BrCCCCOc1ccc2cn[nH]c2c1.CCO.O=CO[O-].Oc1ccc2cn[nH]c2c1.[H-].[K+].[K+]. The molecule has 10 nitrogen and oxygen atoms in total. The largest absolute Gasteiger partial charge is 1.00 e. The molecule has 0 bridgehead atoms. The maximum atomic E-state index is 9.00. The number of fused-ring (bicyclic) bond motifs is 2. The smallest absolute Gasteiger partial charge is 1.00 e. The fraction of sp³-hybridized carbons (Fsp3) is 0.400. The van der Waals surface area contributed by atoms with Gasteiger partial charge in [0.05, 0.1) is 30.0 Å². The van der Waals surface area contributed by atoms with Crippen molar-refractivity contribution in [2.45, 2.75) is 32.6 Å². The quantitative estimate of drug-likeness (QED) is 0.0441. The van der Waals surface area contributed by atoms with Crippen molar-refractivity contribution in [3.63, 3.8) is 0 Å². The first-order valence-electron chi connectivity index (χ1n) is 11.7. The molecule has 0 saturated heterocycles. The number of aliphatic hydroxyl groups is 1. The number of phenols is 1. The van der Waals surface area contributed by atoms with Crippen LogP contribution < -0.4 is 113 Å². The summed E-state index contributed by atoms with van der Waals surface area (Å²) in [5.74, 6) is 1.16. The molecule has 0 amide bonds. The van der Waals surface area contributed by atoms with Crippen LogP contribution in [0, 0.1) is 0 Å². The molecule has 40 heavy (non-hydrogen) atoms. The number of hydrogen-bond acceptors (Lipinski definition) is 8. The molecule has 0 radical (unpaired) electrons. The number of ether oxygens (including phenoxy) is 1. The minimum atomic E-state index is -0.181. The zero-order chi connectivity index (χ0) is 28.4. The molecule has 214 valence electrons. The predicted octanol–water partition coefficient (Wildman–Crippen LogP) is -0.504. The van der Waals surface area contributed by atoms with Crippen molar-refractivity contribution in [2.75, 3.05) is 29.2 Å². The maximum Gasteiger partial charge on any atom is 1.00 e. The number of aromatic hydroxyl groups is 1. The van der Waals surface area contributed by atoms with Gasteiger partial charge in [-0.1, -0.05) is 47.8 Å². The van der Waals surface area contributed by atoms with Gasteiger partial charge in [-0.2, -0.15) is 10.2 Å². The van der Waals surface area contributed by atoms with E-state index in [1.54, 1.807) is 25.3 Å². The molecule has 2 aromatic heterocycles. The molecule has 15 heteroatoms. The van der Waals surface area contributed by atoms with Crippen LogP contribution in [0.15, 0.2) is 48.8 Å². The Balaban J connectivity index is -0.000000231. The normalized spacial score (nSPS) is 8.95. The average Bonchev–Trinajstić information content (AvgIpc) is 3.60. The van der Waals surface area contributed by atoms with Crippen LogP contribution in [0.2, 0.25) is 0 Å². The van der Waals surface area contributed by atoms with Gasteiger partial charge in [-0.05, 0) is 56.9 Å². The van der Waals surface area contributed by atoms with E-state index >= 15 is 0 Å². The summed E-state index contributed by atoms with van der Waals surface area (Å²) in [4.78, 5) is 11.2. The predicted molar refractivity (Wildman–Crippen MR) is 160 cm³/mol. The number of unbranched alkanes of at least 4 members (excludes halogenated alkanes) is 2. The van der Waals surface area contributed by atoms with Crippen molar-refractivity contribution in [3.05, 3.63) is 48.8 Å². The Kier molecular flexibility index (Phi) is 37.5. The minimum absolute atomic E-state index is 0. The molecular weight excluding hydrogens is 770 g/mol. The first-order valence-corrected chi connectivity index (χ1v) is 15.1. The molecule has 0 aliphatic heterocycles. The molecular formula is C25H35Br3K2N4O6. The molecule has 2 aromatic carbocycles. The molecule has 0 fully saturated rings. The number of carbonyl (C=O) groups is 1. The van der Waals surface area contributed by atoms with Gasteiger partial charge in [-0.15, -0.1) is 0 Å². The topological polar surface area (TPSA) is 156 Å². The fourth-order valence-electron chi connectivity index (χ4n) is 2.51. The van der Waals surface area contributed by atoms with E-state index in [0.717, 1.165) is 63.0 Å². The van der Waals surface area contributed by atoms with E-state index in [0.29, 0.717) is 0 Å². The van der Waals surface area contributed by atoms with E-state index in [4.69, 9.17) is 25.0 Å². The van der Waals surface area contributed by atoms with Crippen LogP contribution in [0.5, 0.6) is 11.5 Å². The van der Waals surface area contributed by atoms with Crippen LogP contribution in [0.25, 0.3) is 21.8 Å². The van der Waals surface area contributed by atoms with Crippen LogP contribution in [0.1, 0.15) is 34.0 Å². The summed E-state index contributed by atoms with van der Waals surface area (Å²) >= 11 is 10.1. The summed E-state index contributed by atoms with van der Waals surface area (Å²) < 4.78 is 5.62. The number of aliphatic hydroxyl groups excluding tert-OH is 1. The third-order valence-corrected chi connectivity index (χ3v) is 5.87. The number of hydrogen-bond donors (Lipinski definition) is 4. The summed E-state index contributed by atoms with van der Waals surface area (Å²) in [6.07, 6.45) is 8.31. The van der Waals surface area contributed by atoms with E-state index in [-0.39, 0.29) is 123 Å². The molecule has 2 heterocycles.